The molecule has 0 aromatic carbocycles. The minimum Gasteiger partial charge on any atom is -0.310 e. The second kappa shape index (κ2) is 3.30. The molecule has 3 N–H and O–H groups in total. The van der Waals surface area contributed by atoms with E-state index in [-0.39, 0.29) is 6.54 Å². The van der Waals surface area contributed by atoms with Gasteiger partial charge in [0, 0.05) is 6.54 Å². The monoisotopic (exact) mass is 180 g/mol. The summed E-state index contributed by atoms with van der Waals surface area (Å²) in [4.78, 5) is 0. The van der Waals surface area contributed by atoms with Gasteiger partial charge in [-0.05, 0) is 6.08 Å². The van der Waals surface area contributed by atoms with Gasteiger partial charge in [-0.25, -0.2) is 8.78 Å². The van der Waals surface area contributed by atoms with E-state index in [0.717, 1.165) is 6.08 Å². The Kier molecular flexibility index (Phi) is 2.59. The van der Waals surface area contributed by atoms with E-state index < -0.39 is 22.9 Å². The van der Waals surface area contributed by atoms with Crippen molar-refractivity contribution in [1.82, 2.24) is 5.32 Å². The van der Waals surface area contributed by atoms with Gasteiger partial charge in [-0.15, -0.1) is 0 Å². The summed E-state index contributed by atoms with van der Waals surface area (Å²) in [5, 5.41) is 1.96. The van der Waals surface area contributed by atoms with E-state index in [0.29, 0.717) is 0 Å². The molecule has 0 saturated carbocycles. The topological polar surface area (TPSA) is 38.0 Å². The van der Waals surface area contributed by atoms with Gasteiger partial charge in [-0.1, -0.05) is 11.6 Å². The molecule has 1 unspecified atom stereocenters. The normalized spacial score (nSPS) is 26.5. The fourth-order valence-electron chi connectivity index (χ4n) is 0.705. The van der Waals surface area contributed by atoms with Gasteiger partial charge < -0.3 is 5.73 Å². The Labute approximate surface area is 67.7 Å². The average Bonchev–Trinajstić information content (AvgIpc) is 2.07. The van der Waals surface area contributed by atoms with Crippen LogP contribution >= 0.6 is 11.6 Å². The zero-order chi connectivity index (χ0) is 8.43. The van der Waals surface area contributed by atoms with E-state index in [9.17, 15) is 8.78 Å². The number of hydrogen-bond acceptors (Lipinski definition) is 2. The van der Waals surface area contributed by atoms with E-state index in [2.05, 4.69) is 5.32 Å². The molecule has 1 aliphatic heterocycles. The van der Waals surface area contributed by atoms with E-state index in [1.807, 2.05) is 0 Å². The van der Waals surface area contributed by atoms with Crippen LogP contribution in [0.25, 0.3) is 0 Å². The Morgan fingerprint density at radius 2 is 2.27 bits per heavy atom. The second-order valence-corrected chi connectivity index (χ2v) is 2.48. The van der Waals surface area contributed by atoms with Gasteiger partial charge in [-0.2, -0.15) is 0 Å². The highest BCUT2D eigenvalue weighted by molar-refractivity contribution is 6.32. The molecule has 2 nitrogen and oxygen atoms in total. The average molecular weight is 181 g/mol. The molecule has 0 radical (unpaired) electrons. The number of nitrogens with two attached hydrogens (primary N) is 1. The quantitative estimate of drug-likeness (QED) is 0.587. The third kappa shape index (κ3) is 1.77. The van der Waals surface area contributed by atoms with E-state index in [1.165, 1.54) is 0 Å². The number of allylic oxidation sites excluding steroid dienone is 2. The van der Waals surface area contributed by atoms with Crippen LogP contribution in [0.2, 0.25) is 0 Å². The van der Waals surface area contributed by atoms with Crippen LogP contribution in [-0.2, 0) is 0 Å². The van der Waals surface area contributed by atoms with Crippen LogP contribution in [0.15, 0.2) is 22.8 Å². The van der Waals surface area contributed by atoms with E-state index >= 15 is 0 Å². The third-order valence-corrected chi connectivity index (χ3v) is 1.67. The van der Waals surface area contributed by atoms with Crippen LogP contribution in [0.1, 0.15) is 0 Å². The van der Waals surface area contributed by atoms with Crippen LogP contribution in [0.3, 0.4) is 0 Å². The Hall–Kier alpha value is -0.450. The van der Waals surface area contributed by atoms with E-state index in [1.54, 1.807) is 0 Å². The highest BCUT2D eigenvalue weighted by atomic mass is 35.5. The summed E-state index contributed by atoms with van der Waals surface area (Å²) in [5.41, 5.74) is 5.20. The van der Waals surface area contributed by atoms with Crippen molar-refractivity contribution in [2.24, 2.45) is 5.73 Å². The lowest BCUT2D eigenvalue weighted by Gasteiger charge is -2.07. The van der Waals surface area contributed by atoms with Gasteiger partial charge in [0.1, 0.15) is 17.0 Å². The van der Waals surface area contributed by atoms with Crippen LogP contribution in [0.4, 0.5) is 8.78 Å². The largest absolute Gasteiger partial charge is 0.310 e. The first-order chi connectivity index (χ1) is 5.13. The molecule has 1 atom stereocenters. The maximum Gasteiger partial charge on any atom is 0.153 e. The summed E-state index contributed by atoms with van der Waals surface area (Å²) in [5.74, 6) is -1.64. The number of halogens is 3. The van der Waals surface area contributed by atoms with Gasteiger partial charge >= 0.3 is 0 Å². The zero-order valence-corrected chi connectivity index (χ0v) is 6.33. The first-order valence-electron chi connectivity index (χ1n) is 3.03. The van der Waals surface area contributed by atoms with Gasteiger partial charge in [0.05, 0.1) is 0 Å². The second-order valence-electron chi connectivity index (χ2n) is 2.10. The summed E-state index contributed by atoms with van der Waals surface area (Å²) >= 11 is 5.26. The lowest BCUT2D eigenvalue weighted by Crippen LogP contribution is -2.37. The molecule has 1 heterocycles. The van der Waals surface area contributed by atoms with Gasteiger partial charge in [0.25, 0.3) is 0 Å². The smallest absolute Gasteiger partial charge is 0.153 e. The first-order valence-corrected chi connectivity index (χ1v) is 3.41. The van der Waals surface area contributed by atoms with Crippen molar-refractivity contribution in [3.63, 3.8) is 0 Å². The molecule has 0 saturated heterocycles. The molecule has 0 bridgehead atoms. The minimum atomic E-state index is -1.01. The predicted octanol–water partition coefficient (Wildman–Crippen LogP) is 1.15. The maximum absolute atomic E-state index is 12.8. The lowest BCUT2D eigenvalue weighted by molar-refractivity contribution is 0.489. The summed E-state index contributed by atoms with van der Waals surface area (Å²) in [7, 11) is 0. The van der Waals surface area contributed by atoms with Crippen molar-refractivity contribution >= 4 is 11.6 Å². The van der Waals surface area contributed by atoms with Crippen molar-refractivity contribution < 1.29 is 8.78 Å². The SMILES string of the molecule is NC1NCC=C(F)C(Cl)=C1F. The van der Waals surface area contributed by atoms with Gasteiger partial charge in [-0.3, -0.25) is 5.32 Å². The summed E-state index contributed by atoms with van der Waals surface area (Å²) in [6.45, 7) is 0.177. The molecule has 5 heteroatoms. The summed E-state index contributed by atoms with van der Waals surface area (Å²) in [6.07, 6.45) is 0.126. The van der Waals surface area contributed by atoms with Crippen molar-refractivity contribution in [1.29, 1.82) is 0 Å². The fraction of sp³-hybridized carbons (Fsp3) is 0.333. The highest BCUT2D eigenvalue weighted by Crippen LogP contribution is 2.23. The Morgan fingerprint density at radius 3 is 2.91 bits per heavy atom. The Bertz CT molecular complexity index is 225. The first kappa shape index (κ1) is 8.64. The van der Waals surface area contributed by atoms with Gasteiger partial charge in [0.2, 0.25) is 0 Å². The van der Waals surface area contributed by atoms with Crippen molar-refractivity contribution in [2.45, 2.75) is 6.17 Å². The molecule has 0 fully saturated rings. The van der Waals surface area contributed by atoms with Crippen LogP contribution < -0.4 is 11.1 Å². The standard InChI is InChI=1S/C6H7ClF2N2/c7-4-3(8)1-2-11-6(10)5(4)9/h1,6,11H,2,10H2. The molecule has 0 aromatic heterocycles. The number of hydrogen-bond donors (Lipinski definition) is 2. The highest BCUT2D eigenvalue weighted by Gasteiger charge is 2.18. The molecule has 11 heavy (non-hydrogen) atoms. The summed E-state index contributed by atoms with van der Waals surface area (Å²) < 4.78 is 25.4. The fourth-order valence-corrected chi connectivity index (χ4v) is 0.900. The molecule has 62 valence electrons. The third-order valence-electron chi connectivity index (χ3n) is 1.31. The minimum absolute atomic E-state index is 0.177. The molecule has 0 spiro atoms. The van der Waals surface area contributed by atoms with Crippen LogP contribution in [0, 0.1) is 0 Å². The molecule has 0 aromatic rings. The van der Waals surface area contributed by atoms with Crippen molar-refractivity contribution in [3.05, 3.63) is 22.8 Å². The van der Waals surface area contributed by atoms with Crippen LogP contribution in [0.5, 0.6) is 0 Å². The molecular formula is C6H7ClF2N2. The number of rotatable bonds is 0. The van der Waals surface area contributed by atoms with E-state index in [4.69, 9.17) is 17.3 Å². The molecule has 0 aliphatic carbocycles. The number of nitrogens with one attached hydrogen (secondary N) is 1. The van der Waals surface area contributed by atoms with Crippen molar-refractivity contribution in [3.8, 4) is 0 Å². The summed E-state index contributed by atoms with van der Waals surface area (Å²) in [6, 6.07) is 0. The predicted molar refractivity (Wildman–Crippen MR) is 39.2 cm³/mol. The van der Waals surface area contributed by atoms with Crippen LogP contribution in [-0.4, -0.2) is 12.7 Å². The Balaban J connectivity index is 2.96. The van der Waals surface area contributed by atoms with Gasteiger partial charge in [0.15, 0.2) is 5.83 Å². The van der Waals surface area contributed by atoms with Crippen molar-refractivity contribution in [2.75, 3.05) is 6.54 Å². The molecular weight excluding hydrogens is 174 g/mol. The zero-order valence-electron chi connectivity index (χ0n) is 5.57. The molecule has 1 aliphatic rings. The lowest BCUT2D eigenvalue weighted by atomic mass is 10.4. The molecule has 0 amide bonds. The maximum atomic E-state index is 12.8. The Morgan fingerprint density at radius 1 is 1.64 bits per heavy atom. The molecule has 1 rings (SSSR count).